The molecular formula is C9H17NO2S. The fourth-order valence-electron chi connectivity index (χ4n) is 1.48. The Balaban J connectivity index is 2.46. The minimum absolute atomic E-state index is 0.220. The van der Waals surface area contributed by atoms with Crippen LogP contribution in [0.4, 0.5) is 0 Å². The summed E-state index contributed by atoms with van der Waals surface area (Å²) in [7, 11) is 0. The molecule has 2 unspecified atom stereocenters. The van der Waals surface area contributed by atoms with Crippen LogP contribution in [-0.4, -0.2) is 46.1 Å². The van der Waals surface area contributed by atoms with E-state index >= 15 is 0 Å². The van der Waals surface area contributed by atoms with Crippen LogP contribution in [0.2, 0.25) is 0 Å². The molecule has 1 aliphatic rings. The molecule has 4 heteroatoms. The number of carboxylic acids is 1. The number of nitrogens with zero attached hydrogens (tertiary/aromatic N) is 1. The van der Waals surface area contributed by atoms with E-state index in [0.717, 1.165) is 18.7 Å². The summed E-state index contributed by atoms with van der Waals surface area (Å²) in [6.07, 6.45) is 1.09. The zero-order valence-corrected chi connectivity index (χ0v) is 9.01. The highest BCUT2D eigenvalue weighted by atomic mass is 32.2. The molecule has 0 aliphatic carbocycles. The van der Waals surface area contributed by atoms with Crippen molar-refractivity contribution in [1.82, 2.24) is 4.90 Å². The summed E-state index contributed by atoms with van der Waals surface area (Å²) in [5.74, 6) is 0.277. The van der Waals surface area contributed by atoms with Gasteiger partial charge in [-0.2, -0.15) is 0 Å². The number of hydrogen-bond acceptors (Lipinski definition) is 3. The van der Waals surface area contributed by atoms with E-state index in [2.05, 4.69) is 18.7 Å². The van der Waals surface area contributed by atoms with Crippen LogP contribution >= 0.6 is 11.8 Å². The molecule has 1 aliphatic heterocycles. The smallest absolute Gasteiger partial charge is 0.317 e. The predicted molar refractivity (Wildman–Crippen MR) is 55.2 cm³/mol. The van der Waals surface area contributed by atoms with Crippen LogP contribution in [0.3, 0.4) is 0 Å². The second-order valence-electron chi connectivity index (χ2n) is 3.45. The number of rotatable bonds is 3. The minimum Gasteiger partial charge on any atom is -0.480 e. The molecule has 76 valence electrons. The first kappa shape index (κ1) is 10.9. The average molecular weight is 203 g/mol. The van der Waals surface area contributed by atoms with Crippen molar-refractivity contribution in [3.63, 3.8) is 0 Å². The fraction of sp³-hybridized carbons (Fsp3) is 0.889. The van der Waals surface area contributed by atoms with Gasteiger partial charge in [0.1, 0.15) is 5.25 Å². The number of thioether (sulfide) groups is 1. The second kappa shape index (κ2) is 4.86. The maximum atomic E-state index is 10.8. The lowest BCUT2D eigenvalue weighted by molar-refractivity contribution is -0.136. The Kier molecular flexibility index (Phi) is 4.06. The Hall–Kier alpha value is -0.220. The van der Waals surface area contributed by atoms with Gasteiger partial charge in [0.15, 0.2) is 0 Å². The molecule has 0 spiro atoms. The SMILES string of the molecule is CCC(C)N1CCSC(C(=O)O)C1. The zero-order valence-electron chi connectivity index (χ0n) is 8.19. The standard InChI is InChI=1S/C9H17NO2S/c1-3-7(2)10-4-5-13-8(6-10)9(11)12/h7-8H,3-6H2,1-2H3,(H,11,12). The van der Waals surface area contributed by atoms with Crippen LogP contribution in [0.1, 0.15) is 20.3 Å². The number of carbonyl (C=O) groups is 1. The van der Waals surface area contributed by atoms with E-state index in [9.17, 15) is 4.79 Å². The monoisotopic (exact) mass is 203 g/mol. The van der Waals surface area contributed by atoms with Crippen molar-refractivity contribution in [2.75, 3.05) is 18.8 Å². The first-order valence-electron chi connectivity index (χ1n) is 4.73. The molecular weight excluding hydrogens is 186 g/mol. The molecule has 0 radical (unpaired) electrons. The summed E-state index contributed by atoms with van der Waals surface area (Å²) >= 11 is 1.56. The highest BCUT2D eigenvalue weighted by molar-refractivity contribution is 8.00. The van der Waals surface area contributed by atoms with Gasteiger partial charge in [-0.25, -0.2) is 0 Å². The Morgan fingerprint density at radius 2 is 2.46 bits per heavy atom. The van der Waals surface area contributed by atoms with E-state index in [1.807, 2.05) is 0 Å². The molecule has 1 rings (SSSR count). The van der Waals surface area contributed by atoms with Crippen LogP contribution < -0.4 is 0 Å². The molecule has 0 bridgehead atoms. The highest BCUT2D eigenvalue weighted by Gasteiger charge is 2.27. The van der Waals surface area contributed by atoms with E-state index < -0.39 is 5.97 Å². The zero-order chi connectivity index (χ0) is 9.84. The van der Waals surface area contributed by atoms with Gasteiger partial charge in [-0.15, -0.1) is 11.8 Å². The molecule has 13 heavy (non-hydrogen) atoms. The molecule has 0 aromatic heterocycles. The fourth-order valence-corrected chi connectivity index (χ4v) is 2.54. The Bertz CT molecular complexity index is 186. The molecule has 0 aromatic carbocycles. The van der Waals surface area contributed by atoms with Gasteiger partial charge in [-0.3, -0.25) is 9.69 Å². The van der Waals surface area contributed by atoms with Gasteiger partial charge in [0.25, 0.3) is 0 Å². The van der Waals surface area contributed by atoms with Crippen molar-refractivity contribution in [1.29, 1.82) is 0 Å². The van der Waals surface area contributed by atoms with Gasteiger partial charge in [0.05, 0.1) is 0 Å². The van der Waals surface area contributed by atoms with E-state index in [-0.39, 0.29) is 5.25 Å². The molecule has 1 saturated heterocycles. The summed E-state index contributed by atoms with van der Waals surface area (Å²) in [5, 5.41) is 8.64. The second-order valence-corrected chi connectivity index (χ2v) is 4.76. The summed E-state index contributed by atoms with van der Waals surface area (Å²) in [6.45, 7) is 6.04. The van der Waals surface area contributed by atoms with Gasteiger partial charge in [0.2, 0.25) is 0 Å². The Labute approximate surface area is 83.5 Å². The van der Waals surface area contributed by atoms with Crippen LogP contribution in [0.5, 0.6) is 0 Å². The largest absolute Gasteiger partial charge is 0.480 e. The molecule has 1 fully saturated rings. The van der Waals surface area contributed by atoms with Gasteiger partial charge in [-0.05, 0) is 13.3 Å². The average Bonchev–Trinajstić information content (AvgIpc) is 2.17. The molecule has 2 atom stereocenters. The predicted octanol–water partition coefficient (Wildman–Crippen LogP) is 1.29. The topological polar surface area (TPSA) is 40.5 Å². The van der Waals surface area contributed by atoms with Crippen molar-refractivity contribution >= 4 is 17.7 Å². The van der Waals surface area contributed by atoms with Crippen molar-refractivity contribution in [3.05, 3.63) is 0 Å². The summed E-state index contributed by atoms with van der Waals surface area (Å²) < 4.78 is 0. The van der Waals surface area contributed by atoms with Crippen LogP contribution in [0.25, 0.3) is 0 Å². The van der Waals surface area contributed by atoms with E-state index in [4.69, 9.17) is 5.11 Å². The van der Waals surface area contributed by atoms with Gasteiger partial charge >= 0.3 is 5.97 Å². The van der Waals surface area contributed by atoms with E-state index in [1.165, 1.54) is 0 Å². The lowest BCUT2D eigenvalue weighted by Gasteiger charge is -2.34. The van der Waals surface area contributed by atoms with Gasteiger partial charge in [0, 0.05) is 24.9 Å². The molecule has 1 N–H and O–H groups in total. The van der Waals surface area contributed by atoms with Gasteiger partial charge in [-0.1, -0.05) is 6.92 Å². The quantitative estimate of drug-likeness (QED) is 0.750. The van der Waals surface area contributed by atoms with Crippen molar-refractivity contribution in [2.45, 2.75) is 31.6 Å². The Morgan fingerprint density at radius 3 is 3.00 bits per heavy atom. The highest BCUT2D eigenvalue weighted by Crippen LogP contribution is 2.20. The molecule has 1 heterocycles. The molecule has 3 nitrogen and oxygen atoms in total. The normalized spacial score (nSPS) is 27.1. The molecule has 0 aromatic rings. The van der Waals surface area contributed by atoms with Crippen LogP contribution in [0, 0.1) is 0 Å². The minimum atomic E-state index is -0.669. The third kappa shape index (κ3) is 2.88. The van der Waals surface area contributed by atoms with Crippen molar-refractivity contribution in [3.8, 4) is 0 Å². The summed E-state index contributed by atoms with van der Waals surface area (Å²) in [4.78, 5) is 13.0. The van der Waals surface area contributed by atoms with Gasteiger partial charge < -0.3 is 5.11 Å². The number of carboxylic acid groups (broad SMARTS) is 1. The maximum Gasteiger partial charge on any atom is 0.317 e. The lowest BCUT2D eigenvalue weighted by Crippen LogP contribution is -2.45. The number of hydrogen-bond donors (Lipinski definition) is 1. The Morgan fingerprint density at radius 1 is 1.77 bits per heavy atom. The lowest BCUT2D eigenvalue weighted by atomic mass is 10.2. The maximum absolute atomic E-state index is 10.8. The van der Waals surface area contributed by atoms with Crippen molar-refractivity contribution in [2.24, 2.45) is 0 Å². The van der Waals surface area contributed by atoms with Crippen LogP contribution in [-0.2, 0) is 4.79 Å². The third-order valence-corrected chi connectivity index (χ3v) is 3.76. The first-order chi connectivity index (χ1) is 6.15. The molecule has 0 saturated carbocycles. The number of aliphatic carboxylic acids is 1. The summed E-state index contributed by atoms with van der Waals surface area (Å²) in [5.41, 5.74) is 0. The van der Waals surface area contributed by atoms with Crippen molar-refractivity contribution < 1.29 is 9.90 Å². The first-order valence-corrected chi connectivity index (χ1v) is 5.78. The summed E-state index contributed by atoms with van der Waals surface area (Å²) in [6, 6.07) is 0.516. The third-order valence-electron chi connectivity index (χ3n) is 2.59. The van der Waals surface area contributed by atoms with E-state index in [1.54, 1.807) is 11.8 Å². The van der Waals surface area contributed by atoms with Crippen LogP contribution in [0.15, 0.2) is 0 Å². The van der Waals surface area contributed by atoms with E-state index in [0.29, 0.717) is 12.6 Å². The molecule has 0 amide bonds.